The van der Waals surface area contributed by atoms with Crippen LogP contribution < -0.4 is 5.32 Å². The molecule has 1 N–H and O–H groups in total. The Kier molecular flexibility index (Phi) is 5.84. The van der Waals surface area contributed by atoms with E-state index >= 15 is 0 Å². The molecule has 4 rings (SSSR count). The van der Waals surface area contributed by atoms with Gasteiger partial charge in [0.2, 0.25) is 5.95 Å². The number of nitrogens with zero attached hydrogens (tertiary/aromatic N) is 4. The monoisotopic (exact) mass is 375 g/mol. The van der Waals surface area contributed by atoms with Crippen molar-refractivity contribution in [2.45, 2.75) is 19.4 Å². The molecular weight excluding hydrogens is 346 g/mol. The van der Waals surface area contributed by atoms with Gasteiger partial charge < -0.3 is 15.1 Å². The van der Waals surface area contributed by atoms with Crippen LogP contribution in [0.5, 0.6) is 0 Å². The molecule has 0 radical (unpaired) electrons. The first kappa shape index (κ1) is 18.8. The minimum atomic E-state index is 0.324. The number of hydrogen-bond donors (Lipinski definition) is 1. The molecule has 0 amide bonds. The summed E-state index contributed by atoms with van der Waals surface area (Å²) >= 11 is 0. The zero-order chi connectivity index (χ0) is 19.3. The molecule has 1 saturated heterocycles. The van der Waals surface area contributed by atoms with E-state index in [-0.39, 0.29) is 0 Å². The summed E-state index contributed by atoms with van der Waals surface area (Å²) in [6.45, 7) is 7.98. The second kappa shape index (κ2) is 8.67. The van der Waals surface area contributed by atoms with Gasteiger partial charge in [0.05, 0.1) is 11.2 Å². The van der Waals surface area contributed by atoms with E-state index in [0.29, 0.717) is 12.0 Å². The Morgan fingerprint density at radius 3 is 2.43 bits per heavy atom. The van der Waals surface area contributed by atoms with E-state index in [1.807, 2.05) is 18.2 Å². The summed E-state index contributed by atoms with van der Waals surface area (Å²) in [6.07, 6.45) is 1.08. The van der Waals surface area contributed by atoms with E-state index in [0.717, 1.165) is 61.3 Å². The molecular formula is C23H29N5. The van der Waals surface area contributed by atoms with Gasteiger partial charge in [-0.2, -0.15) is 0 Å². The summed E-state index contributed by atoms with van der Waals surface area (Å²) in [5, 5.41) is 4.62. The van der Waals surface area contributed by atoms with Crippen LogP contribution in [0.1, 0.15) is 13.3 Å². The quantitative estimate of drug-likeness (QED) is 0.711. The van der Waals surface area contributed by atoms with Crippen molar-refractivity contribution in [3.8, 4) is 11.3 Å². The van der Waals surface area contributed by atoms with Gasteiger partial charge in [-0.05, 0) is 26.5 Å². The molecule has 0 saturated carbocycles. The normalized spacial score (nSPS) is 16.9. The van der Waals surface area contributed by atoms with Crippen molar-refractivity contribution in [3.05, 3.63) is 54.6 Å². The zero-order valence-corrected chi connectivity index (χ0v) is 16.8. The lowest BCUT2D eigenvalue weighted by molar-refractivity contribution is 0.151. The van der Waals surface area contributed by atoms with Crippen LogP contribution in [0.4, 0.5) is 5.95 Å². The number of aromatic nitrogens is 2. The molecule has 1 fully saturated rings. The molecule has 146 valence electrons. The fraction of sp³-hybridized carbons (Fsp3) is 0.391. The highest BCUT2D eigenvalue weighted by Crippen LogP contribution is 2.27. The molecule has 2 heterocycles. The molecule has 1 atom stereocenters. The number of anilines is 1. The van der Waals surface area contributed by atoms with Crippen LogP contribution in [0.3, 0.4) is 0 Å². The predicted octanol–water partition coefficient (Wildman–Crippen LogP) is 3.73. The standard InChI is InChI=1S/C23H29N5/c1-18(12-13-28-16-14-27(2)15-17-28)24-23-25-21-11-7-6-10-20(21)22(26-23)19-8-4-3-5-9-19/h3-11,18H,12-17H2,1-2H3,(H,24,25,26). The van der Waals surface area contributed by atoms with Crippen molar-refractivity contribution in [1.29, 1.82) is 0 Å². The van der Waals surface area contributed by atoms with E-state index in [9.17, 15) is 0 Å². The summed E-state index contributed by atoms with van der Waals surface area (Å²) in [5.41, 5.74) is 3.08. The molecule has 0 aliphatic carbocycles. The first-order valence-electron chi connectivity index (χ1n) is 10.2. The van der Waals surface area contributed by atoms with Crippen LogP contribution in [-0.2, 0) is 0 Å². The lowest BCUT2D eigenvalue weighted by Gasteiger charge is -2.33. The van der Waals surface area contributed by atoms with Crippen molar-refractivity contribution in [1.82, 2.24) is 19.8 Å². The Bertz CT molecular complexity index is 903. The maximum Gasteiger partial charge on any atom is 0.224 e. The number of rotatable bonds is 6. The SMILES string of the molecule is CC(CCN1CCN(C)CC1)Nc1nc(-c2ccccc2)c2ccccc2n1. The Morgan fingerprint density at radius 1 is 0.929 bits per heavy atom. The Hall–Kier alpha value is -2.50. The van der Waals surface area contributed by atoms with Crippen LogP contribution in [0.25, 0.3) is 22.2 Å². The van der Waals surface area contributed by atoms with Gasteiger partial charge in [0, 0.05) is 49.7 Å². The van der Waals surface area contributed by atoms with E-state index in [2.05, 4.69) is 65.5 Å². The Labute approximate surface area is 167 Å². The average molecular weight is 376 g/mol. The van der Waals surface area contributed by atoms with Gasteiger partial charge in [-0.1, -0.05) is 48.5 Å². The molecule has 28 heavy (non-hydrogen) atoms. The highest BCUT2D eigenvalue weighted by atomic mass is 15.2. The smallest absolute Gasteiger partial charge is 0.224 e. The third-order valence-corrected chi connectivity index (χ3v) is 5.50. The number of nitrogens with one attached hydrogen (secondary N) is 1. The molecule has 5 nitrogen and oxygen atoms in total. The molecule has 1 aromatic heterocycles. The predicted molar refractivity (Wildman–Crippen MR) is 117 cm³/mol. The third kappa shape index (κ3) is 4.49. The van der Waals surface area contributed by atoms with E-state index in [4.69, 9.17) is 9.97 Å². The van der Waals surface area contributed by atoms with Crippen LogP contribution in [0.2, 0.25) is 0 Å². The third-order valence-electron chi connectivity index (χ3n) is 5.50. The summed E-state index contributed by atoms with van der Waals surface area (Å²) in [5.74, 6) is 0.712. The van der Waals surface area contributed by atoms with Crippen LogP contribution in [0.15, 0.2) is 54.6 Å². The second-order valence-electron chi connectivity index (χ2n) is 7.76. The maximum absolute atomic E-state index is 4.87. The van der Waals surface area contributed by atoms with Crippen molar-refractivity contribution >= 4 is 16.9 Å². The number of benzene rings is 2. The summed E-state index contributed by atoms with van der Waals surface area (Å²) in [7, 11) is 2.20. The van der Waals surface area contributed by atoms with Crippen molar-refractivity contribution in [2.24, 2.45) is 0 Å². The van der Waals surface area contributed by atoms with Gasteiger partial charge in [0.15, 0.2) is 0 Å². The number of fused-ring (bicyclic) bond motifs is 1. The highest BCUT2D eigenvalue weighted by Gasteiger charge is 2.15. The number of likely N-dealkylation sites (N-methyl/N-ethyl adjacent to an activating group) is 1. The molecule has 1 aliphatic heterocycles. The lowest BCUT2D eigenvalue weighted by atomic mass is 10.1. The minimum Gasteiger partial charge on any atom is -0.352 e. The Balaban J connectivity index is 1.49. The fourth-order valence-corrected chi connectivity index (χ4v) is 3.70. The van der Waals surface area contributed by atoms with Crippen LogP contribution >= 0.6 is 0 Å². The first-order chi connectivity index (χ1) is 13.7. The molecule has 5 heteroatoms. The van der Waals surface area contributed by atoms with Crippen molar-refractivity contribution < 1.29 is 0 Å². The van der Waals surface area contributed by atoms with Gasteiger partial charge >= 0.3 is 0 Å². The second-order valence-corrected chi connectivity index (χ2v) is 7.76. The van der Waals surface area contributed by atoms with E-state index < -0.39 is 0 Å². The van der Waals surface area contributed by atoms with E-state index in [1.54, 1.807) is 0 Å². The van der Waals surface area contributed by atoms with Gasteiger partial charge in [-0.25, -0.2) is 9.97 Å². The van der Waals surface area contributed by atoms with Gasteiger partial charge in [-0.15, -0.1) is 0 Å². The van der Waals surface area contributed by atoms with Crippen LogP contribution in [0, 0.1) is 0 Å². The van der Waals surface area contributed by atoms with Crippen molar-refractivity contribution in [2.75, 3.05) is 45.1 Å². The van der Waals surface area contributed by atoms with Gasteiger partial charge in [-0.3, -0.25) is 0 Å². The molecule has 3 aromatic rings. The summed E-state index contributed by atoms with van der Waals surface area (Å²) in [4.78, 5) is 14.6. The number of para-hydroxylation sites is 1. The highest BCUT2D eigenvalue weighted by molar-refractivity contribution is 5.93. The topological polar surface area (TPSA) is 44.3 Å². The largest absolute Gasteiger partial charge is 0.352 e. The lowest BCUT2D eigenvalue weighted by Crippen LogP contribution is -2.45. The number of piperazine rings is 1. The molecule has 1 unspecified atom stereocenters. The van der Waals surface area contributed by atoms with Crippen LogP contribution in [-0.4, -0.2) is 65.6 Å². The minimum absolute atomic E-state index is 0.324. The summed E-state index contributed by atoms with van der Waals surface area (Å²) < 4.78 is 0. The van der Waals surface area contributed by atoms with E-state index in [1.165, 1.54) is 0 Å². The van der Waals surface area contributed by atoms with Gasteiger partial charge in [0.25, 0.3) is 0 Å². The van der Waals surface area contributed by atoms with Gasteiger partial charge in [0.1, 0.15) is 0 Å². The fourth-order valence-electron chi connectivity index (χ4n) is 3.70. The molecule has 2 aromatic carbocycles. The summed E-state index contributed by atoms with van der Waals surface area (Å²) in [6, 6.07) is 18.9. The zero-order valence-electron chi connectivity index (χ0n) is 16.8. The first-order valence-corrected chi connectivity index (χ1v) is 10.2. The maximum atomic E-state index is 4.87. The molecule has 0 spiro atoms. The Morgan fingerprint density at radius 2 is 1.64 bits per heavy atom. The molecule has 1 aliphatic rings. The van der Waals surface area contributed by atoms with Crippen molar-refractivity contribution in [3.63, 3.8) is 0 Å². The number of hydrogen-bond acceptors (Lipinski definition) is 5. The average Bonchev–Trinajstić information content (AvgIpc) is 2.73. The molecule has 0 bridgehead atoms.